The van der Waals surface area contributed by atoms with E-state index in [-0.39, 0.29) is 23.9 Å². The van der Waals surface area contributed by atoms with Crippen LogP contribution in [0.15, 0.2) is 18.2 Å². The van der Waals surface area contributed by atoms with Crippen LogP contribution in [0.5, 0.6) is 5.75 Å². The number of aliphatic hydroxyl groups is 1. The van der Waals surface area contributed by atoms with Gasteiger partial charge < -0.3 is 14.6 Å². The lowest BCUT2D eigenvalue weighted by atomic mass is 9.82. The van der Waals surface area contributed by atoms with Crippen LogP contribution in [0.2, 0.25) is 0 Å². The standard InChI is InChI=1S/C14H17FO3/c1-17-13-4-2-8(6-11(13)15)14(16)10-7-9-3-5-12(10)18-9/h2,4,6,9-10,12,14,16H,3,5,7H2,1H3. The van der Waals surface area contributed by atoms with Gasteiger partial charge in [0, 0.05) is 5.92 Å². The number of halogens is 1. The van der Waals surface area contributed by atoms with Crippen LogP contribution in [-0.4, -0.2) is 24.4 Å². The van der Waals surface area contributed by atoms with Crippen molar-refractivity contribution in [1.29, 1.82) is 0 Å². The van der Waals surface area contributed by atoms with Crippen molar-refractivity contribution >= 4 is 0 Å². The molecule has 2 bridgehead atoms. The zero-order valence-corrected chi connectivity index (χ0v) is 10.3. The fraction of sp³-hybridized carbons (Fsp3) is 0.571. The number of benzene rings is 1. The van der Waals surface area contributed by atoms with Crippen LogP contribution in [0.3, 0.4) is 0 Å². The van der Waals surface area contributed by atoms with Crippen LogP contribution >= 0.6 is 0 Å². The average Bonchev–Trinajstić information content (AvgIpc) is 3.00. The molecular weight excluding hydrogens is 235 g/mol. The van der Waals surface area contributed by atoms with Gasteiger partial charge in [-0.2, -0.15) is 0 Å². The lowest BCUT2D eigenvalue weighted by Crippen LogP contribution is -2.23. The molecule has 4 unspecified atom stereocenters. The molecule has 0 radical (unpaired) electrons. The van der Waals surface area contributed by atoms with Gasteiger partial charge in [-0.3, -0.25) is 0 Å². The van der Waals surface area contributed by atoms with Gasteiger partial charge in [-0.1, -0.05) is 6.07 Å². The summed E-state index contributed by atoms with van der Waals surface area (Å²) < 4.78 is 24.2. The number of rotatable bonds is 3. The van der Waals surface area contributed by atoms with E-state index in [4.69, 9.17) is 9.47 Å². The van der Waals surface area contributed by atoms with E-state index in [0.717, 1.165) is 19.3 Å². The Morgan fingerprint density at radius 1 is 1.44 bits per heavy atom. The first-order valence-electron chi connectivity index (χ1n) is 6.36. The van der Waals surface area contributed by atoms with Crippen LogP contribution in [0.25, 0.3) is 0 Å². The van der Waals surface area contributed by atoms with E-state index in [0.29, 0.717) is 5.56 Å². The molecule has 2 heterocycles. The topological polar surface area (TPSA) is 38.7 Å². The molecule has 0 spiro atoms. The minimum Gasteiger partial charge on any atom is -0.494 e. The van der Waals surface area contributed by atoms with Crippen LogP contribution in [0, 0.1) is 11.7 Å². The molecule has 1 aromatic carbocycles. The van der Waals surface area contributed by atoms with Crippen molar-refractivity contribution in [3.05, 3.63) is 29.6 Å². The van der Waals surface area contributed by atoms with Gasteiger partial charge >= 0.3 is 0 Å². The van der Waals surface area contributed by atoms with Gasteiger partial charge in [-0.05, 0) is 37.0 Å². The minimum atomic E-state index is -0.652. The zero-order chi connectivity index (χ0) is 12.7. The molecule has 18 heavy (non-hydrogen) atoms. The van der Waals surface area contributed by atoms with Crippen molar-refractivity contribution in [2.75, 3.05) is 7.11 Å². The first-order chi connectivity index (χ1) is 8.69. The van der Waals surface area contributed by atoms with Gasteiger partial charge in [-0.25, -0.2) is 4.39 Å². The van der Waals surface area contributed by atoms with Crippen LogP contribution in [0.4, 0.5) is 4.39 Å². The minimum absolute atomic E-state index is 0.0940. The van der Waals surface area contributed by atoms with E-state index < -0.39 is 11.9 Å². The second-order valence-corrected chi connectivity index (χ2v) is 5.11. The Morgan fingerprint density at radius 2 is 2.28 bits per heavy atom. The fourth-order valence-corrected chi connectivity index (χ4v) is 3.12. The molecule has 2 aliphatic rings. The van der Waals surface area contributed by atoms with Gasteiger partial charge in [0.25, 0.3) is 0 Å². The van der Waals surface area contributed by atoms with E-state index in [1.54, 1.807) is 12.1 Å². The molecule has 4 atom stereocenters. The highest BCUT2D eigenvalue weighted by molar-refractivity contribution is 5.31. The molecule has 1 aromatic rings. The molecule has 1 N–H and O–H groups in total. The first-order valence-corrected chi connectivity index (χ1v) is 6.36. The SMILES string of the molecule is COc1ccc(C(O)C2CC3CCC2O3)cc1F. The highest BCUT2D eigenvalue weighted by atomic mass is 19.1. The van der Waals surface area contributed by atoms with E-state index in [2.05, 4.69) is 0 Å². The van der Waals surface area contributed by atoms with E-state index in [9.17, 15) is 9.50 Å². The first kappa shape index (κ1) is 11.9. The molecule has 2 aliphatic heterocycles. The van der Waals surface area contributed by atoms with Crippen LogP contribution in [0.1, 0.15) is 30.9 Å². The Balaban J connectivity index is 1.80. The van der Waals surface area contributed by atoms with Gasteiger partial charge in [0.1, 0.15) is 0 Å². The summed E-state index contributed by atoms with van der Waals surface area (Å²) in [5.41, 5.74) is 0.606. The smallest absolute Gasteiger partial charge is 0.165 e. The molecule has 3 rings (SSSR count). The summed E-state index contributed by atoms with van der Waals surface area (Å²) in [6.45, 7) is 0. The van der Waals surface area contributed by atoms with E-state index >= 15 is 0 Å². The summed E-state index contributed by atoms with van der Waals surface area (Å²) in [5.74, 6) is -0.134. The molecule has 0 amide bonds. The second-order valence-electron chi connectivity index (χ2n) is 5.11. The molecule has 3 nitrogen and oxygen atoms in total. The Hall–Kier alpha value is -1.13. The Kier molecular flexibility index (Phi) is 2.99. The second kappa shape index (κ2) is 4.52. The summed E-state index contributed by atoms with van der Waals surface area (Å²) in [4.78, 5) is 0. The summed E-state index contributed by atoms with van der Waals surface area (Å²) in [5, 5.41) is 10.3. The maximum absolute atomic E-state index is 13.6. The molecular formula is C14H17FO3. The van der Waals surface area contributed by atoms with Crippen molar-refractivity contribution in [3.63, 3.8) is 0 Å². The Morgan fingerprint density at radius 3 is 2.83 bits per heavy atom. The average molecular weight is 252 g/mol. The Bertz CT molecular complexity index is 449. The summed E-state index contributed by atoms with van der Waals surface area (Å²) in [7, 11) is 1.43. The maximum atomic E-state index is 13.6. The highest BCUT2D eigenvalue weighted by Crippen LogP contribution is 2.44. The molecule has 2 fully saturated rings. The Labute approximate surface area is 106 Å². The maximum Gasteiger partial charge on any atom is 0.165 e. The molecule has 98 valence electrons. The highest BCUT2D eigenvalue weighted by Gasteiger charge is 2.44. The van der Waals surface area contributed by atoms with Gasteiger partial charge in [0.2, 0.25) is 0 Å². The zero-order valence-electron chi connectivity index (χ0n) is 10.3. The predicted molar refractivity (Wildman–Crippen MR) is 63.9 cm³/mol. The predicted octanol–water partition coefficient (Wildman–Crippen LogP) is 2.44. The molecule has 4 heteroatoms. The summed E-state index contributed by atoms with van der Waals surface area (Å²) in [6, 6.07) is 4.63. The van der Waals surface area contributed by atoms with Gasteiger partial charge in [-0.15, -0.1) is 0 Å². The van der Waals surface area contributed by atoms with E-state index in [1.165, 1.54) is 13.2 Å². The number of methoxy groups -OCH3 is 1. The number of ether oxygens (including phenoxy) is 2. The number of fused-ring (bicyclic) bond motifs is 2. The largest absolute Gasteiger partial charge is 0.494 e. The van der Waals surface area contributed by atoms with Gasteiger partial charge in [0.05, 0.1) is 25.4 Å². The fourth-order valence-electron chi connectivity index (χ4n) is 3.12. The summed E-state index contributed by atoms with van der Waals surface area (Å²) in [6.07, 6.45) is 2.74. The lowest BCUT2D eigenvalue weighted by molar-refractivity contribution is 0.0421. The van der Waals surface area contributed by atoms with Gasteiger partial charge in [0.15, 0.2) is 11.6 Å². The van der Waals surface area contributed by atoms with Crippen LogP contribution in [-0.2, 0) is 4.74 Å². The van der Waals surface area contributed by atoms with Crippen molar-refractivity contribution in [2.24, 2.45) is 5.92 Å². The third-order valence-electron chi connectivity index (χ3n) is 4.08. The number of hydrogen-bond acceptors (Lipinski definition) is 3. The summed E-state index contributed by atoms with van der Waals surface area (Å²) >= 11 is 0. The quantitative estimate of drug-likeness (QED) is 0.898. The van der Waals surface area contributed by atoms with E-state index in [1.807, 2.05) is 0 Å². The van der Waals surface area contributed by atoms with Crippen molar-refractivity contribution < 1.29 is 19.0 Å². The van der Waals surface area contributed by atoms with Crippen molar-refractivity contribution in [2.45, 2.75) is 37.6 Å². The normalized spacial score (nSPS) is 31.6. The van der Waals surface area contributed by atoms with Crippen LogP contribution < -0.4 is 4.74 Å². The third kappa shape index (κ3) is 1.89. The van der Waals surface area contributed by atoms with Crippen molar-refractivity contribution in [3.8, 4) is 5.75 Å². The molecule has 0 saturated carbocycles. The molecule has 2 saturated heterocycles. The third-order valence-corrected chi connectivity index (χ3v) is 4.08. The number of hydrogen-bond donors (Lipinski definition) is 1. The monoisotopic (exact) mass is 252 g/mol. The van der Waals surface area contributed by atoms with Crippen molar-refractivity contribution in [1.82, 2.24) is 0 Å². The molecule has 0 aliphatic carbocycles. The number of aliphatic hydroxyl groups excluding tert-OH is 1. The lowest BCUT2D eigenvalue weighted by Gasteiger charge is -2.24. The molecule has 0 aromatic heterocycles.